The van der Waals surface area contributed by atoms with E-state index in [4.69, 9.17) is 0 Å². The maximum Gasteiger partial charge on any atom is 0.269 e. The number of aliphatic hydroxyl groups is 1. The van der Waals surface area contributed by atoms with E-state index in [-0.39, 0.29) is 17.5 Å². The summed E-state index contributed by atoms with van der Waals surface area (Å²) >= 11 is 3.28. The number of H-pyrrole nitrogens is 1. The molecule has 2 aliphatic rings. The average Bonchev–Trinajstić information content (AvgIpc) is 2.84. The second-order valence-corrected chi connectivity index (χ2v) is 5.26. The highest BCUT2D eigenvalue weighted by Crippen LogP contribution is 2.31. The summed E-state index contributed by atoms with van der Waals surface area (Å²) in [7, 11) is 0. The number of rotatable bonds is 1. The maximum absolute atomic E-state index is 11.9. The number of nitrogens with zero attached hydrogens (tertiary/aromatic N) is 1. The van der Waals surface area contributed by atoms with E-state index in [0.29, 0.717) is 28.8 Å². The number of nitrogens with one attached hydrogen (secondary N) is 3. The number of aromatic nitrogens is 1. The summed E-state index contributed by atoms with van der Waals surface area (Å²) in [5.41, 5.74) is 1.40. The average molecular weight is 327 g/mol. The number of aromatic amines is 1. The number of amides is 2. The number of aliphatic imine (C=N–C) groups is 1. The van der Waals surface area contributed by atoms with Crippen molar-refractivity contribution in [3.63, 3.8) is 0 Å². The third-order valence-corrected chi connectivity index (χ3v) is 3.65. The molecule has 2 aliphatic heterocycles. The molecule has 0 aliphatic carbocycles. The molecule has 100 valence electrons. The lowest BCUT2D eigenvalue weighted by atomic mass is 9.91. The van der Waals surface area contributed by atoms with Gasteiger partial charge in [0, 0.05) is 12.5 Å². The SMILES string of the molecule is O=C1NC(O)N=C1C1CCNC(=O)c2[nH]c(Br)cc21. The number of aliphatic hydroxyl groups excluding tert-OH is 1. The minimum absolute atomic E-state index is 0.206. The second-order valence-electron chi connectivity index (χ2n) is 4.41. The van der Waals surface area contributed by atoms with E-state index < -0.39 is 12.3 Å². The standard InChI is InChI=1S/C11H11BrN4O3/c12-6-3-5-4(7-10(18)16-11(19)15-7)1-2-13-9(17)8(5)14-6/h3-4,11,14,19H,1-2H2,(H,13,17)(H,16,18). The van der Waals surface area contributed by atoms with Crippen LogP contribution in [0.3, 0.4) is 0 Å². The Hall–Kier alpha value is -1.67. The maximum atomic E-state index is 11.9. The Morgan fingerprint density at radius 1 is 1.37 bits per heavy atom. The van der Waals surface area contributed by atoms with Gasteiger partial charge in [-0.3, -0.25) is 9.59 Å². The number of hydrogen-bond acceptors (Lipinski definition) is 4. The third kappa shape index (κ3) is 2.06. The van der Waals surface area contributed by atoms with Crippen LogP contribution in [0.25, 0.3) is 0 Å². The van der Waals surface area contributed by atoms with Crippen molar-refractivity contribution in [2.45, 2.75) is 18.7 Å². The molecule has 4 N–H and O–H groups in total. The summed E-state index contributed by atoms with van der Waals surface area (Å²) in [5, 5.41) is 14.4. The fraction of sp³-hybridized carbons (Fsp3) is 0.364. The molecule has 19 heavy (non-hydrogen) atoms. The molecule has 0 bridgehead atoms. The van der Waals surface area contributed by atoms with Gasteiger partial charge in [0.25, 0.3) is 11.8 Å². The molecule has 0 spiro atoms. The molecule has 1 aromatic heterocycles. The first-order valence-corrected chi connectivity index (χ1v) is 6.59. The summed E-state index contributed by atoms with van der Waals surface area (Å²) in [4.78, 5) is 30.5. The lowest BCUT2D eigenvalue weighted by molar-refractivity contribution is -0.116. The molecule has 0 saturated heterocycles. The molecule has 2 amide bonds. The highest BCUT2D eigenvalue weighted by Gasteiger charge is 2.35. The Morgan fingerprint density at radius 2 is 2.16 bits per heavy atom. The summed E-state index contributed by atoms with van der Waals surface area (Å²) in [5.74, 6) is -0.911. The van der Waals surface area contributed by atoms with Gasteiger partial charge >= 0.3 is 0 Å². The molecule has 2 unspecified atom stereocenters. The minimum atomic E-state index is -1.19. The fourth-order valence-electron chi connectivity index (χ4n) is 2.42. The van der Waals surface area contributed by atoms with Gasteiger partial charge < -0.3 is 20.7 Å². The zero-order valence-corrected chi connectivity index (χ0v) is 11.3. The van der Waals surface area contributed by atoms with E-state index in [9.17, 15) is 14.7 Å². The van der Waals surface area contributed by atoms with Crippen molar-refractivity contribution in [1.82, 2.24) is 15.6 Å². The Bertz CT molecular complexity index is 595. The van der Waals surface area contributed by atoms with Crippen LogP contribution in [0, 0.1) is 0 Å². The van der Waals surface area contributed by atoms with Crippen LogP contribution in [-0.2, 0) is 4.79 Å². The van der Waals surface area contributed by atoms with Gasteiger partial charge in [0.15, 0.2) is 0 Å². The fourth-order valence-corrected chi connectivity index (χ4v) is 2.86. The molecule has 7 nitrogen and oxygen atoms in total. The lowest BCUT2D eigenvalue weighted by Crippen LogP contribution is -2.31. The van der Waals surface area contributed by atoms with E-state index in [1.165, 1.54) is 0 Å². The second kappa shape index (κ2) is 4.46. The molecule has 3 rings (SSSR count). The summed E-state index contributed by atoms with van der Waals surface area (Å²) in [6, 6.07) is 1.77. The van der Waals surface area contributed by atoms with Crippen LogP contribution >= 0.6 is 15.9 Å². The van der Waals surface area contributed by atoms with E-state index in [1.807, 2.05) is 0 Å². The molecule has 3 heterocycles. The summed E-state index contributed by atoms with van der Waals surface area (Å²) in [6.07, 6.45) is -0.637. The molecule has 0 fully saturated rings. The van der Waals surface area contributed by atoms with Crippen LogP contribution < -0.4 is 10.6 Å². The van der Waals surface area contributed by atoms with Crippen molar-refractivity contribution in [1.29, 1.82) is 0 Å². The molecule has 0 saturated carbocycles. The van der Waals surface area contributed by atoms with Crippen molar-refractivity contribution in [2.24, 2.45) is 4.99 Å². The molecule has 1 aromatic rings. The zero-order valence-electron chi connectivity index (χ0n) is 9.74. The first-order valence-electron chi connectivity index (χ1n) is 5.79. The molecule has 8 heteroatoms. The van der Waals surface area contributed by atoms with Crippen molar-refractivity contribution in [3.05, 3.63) is 21.9 Å². The van der Waals surface area contributed by atoms with Gasteiger partial charge in [-0.15, -0.1) is 0 Å². The predicted molar refractivity (Wildman–Crippen MR) is 69.8 cm³/mol. The van der Waals surface area contributed by atoms with E-state index >= 15 is 0 Å². The van der Waals surface area contributed by atoms with Crippen molar-refractivity contribution in [2.75, 3.05) is 6.54 Å². The van der Waals surface area contributed by atoms with Crippen LogP contribution in [0.5, 0.6) is 0 Å². The number of carbonyl (C=O) groups is 2. The third-order valence-electron chi connectivity index (χ3n) is 3.22. The van der Waals surface area contributed by atoms with Crippen LogP contribution in [0.2, 0.25) is 0 Å². The van der Waals surface area contributed by atoms with Gasteiger partial charge in [-0.25, -0.2) is 4.99 Å². The van der Waals surface area contributed by atoms with Gasteiger partial charge in [-0.05, 0) is 34.0 Å². The number of carbonyl (C=O) groups excluding carboxylic acids is 2. The highest BCUT2D eigenvalue weighted by atomic mass is 79.9. The predicted octanol–water partition coefficient (Wildman–Crippen LogP) is -0.159. The zero-order chi connectivity index (χ0) is 13.6. The molecule has 2 atom stereocenters. The van der Waals surface area contributed by atoms with E-state index in [0.717, 1.165) is 0 Å². The van der Waals surface area contributed by atoms with Gasteiger partial charge in [-0.2, -0.15) is 0 Å². The van der Waals surface area contributed by atoms with Gasteiger partial charge in [0.2, 0.25) is 6.35 Å². The first-order chi connectivity index (χ1) is 9.06. The van der Waals surface area contributed by atoms with Crippen LogP contribution in [0.1, 0.15) is 28.4 Å². The smallest absolute Gasteiger partial charge is 0.269 e. The Kier molecular flexibility index (Phi) is 2.90. The quantitative estimate of drug-likeness (QED) is 0.576. The van der Waals surface area contributed by atoms with E-state index in [2.05, 4.69) is 36.5 Å². The normalized spacial score (nSPS) is 26.3. The largest absolute Gasteiger partial charge is 0.355 e. The Labute approximate surface area is 116 Å². The van der Waals surface area contributed by atoms with Gasteiger partial charge in [0.05, 0.1) is 4.60 Å². The number of hydrogen-bond donors (Lipinski definition) is 4. The molecule has 0 aromatic carbocycles. The van der Waals surface area contributed by atoms with Crippen LogP contribution in [0.4, 0.5) is 0 Å². The number of fused-ring (bicyclic) bond motifs is 1. The van der Waals surface area contributed by atoms with Gasteiger partial charge in [-0.1, -0.05) is 0 Å². The van der Waals surface area contributed by atoms with Crippen LogP contribution in [0.15, 0.2) is 15.7 Å². The summed E-state index contributed by atoms with van der Waals surface area (Å²) < 4.78 is 0.666. The Balaban J connectivity index is 2.07. The summed E-state index contributed by atoms with van der Waals surface area (Å²) in [6.45, 7) is 0.450. The Morgan fingerprint density at radius 3 is 2.84 bits per heavy atom. The lowest BCUT2D eigenvalue weighted by Gasteiger charge is -2.12. The highest BCUT2D eigenvalue weighted by molar-refractivity contribution is 9.10. The van der Waals surface area contributed by atoms with E-state index in [1.54, 1.807) is 6.07 Å². The minimum Gasteiger partial charge on any atom is -0.355 e. The van der Waals surface area contributed by atoms with Crippen LogP contribution in [-0.4, -0.2) is 40.5 Å². The number of halogens is 1. The van der Waals surface area contributed by atoms with Crippen molar-refractivity contribution in [3.8, 4) is 0 Å². The van der Waals surface area contributed by atoms with Gasteiger partial charge in [0.1, 0.15) is 11.4 Å². The molecule has 0 radical (unpaired) electrons. The monoisotopic (exact) mass is 326 g/mol. The topological polar surface area (TPSA) is 107 Å². The molecular formula is C11H11BrN4O3. The van der Waals surface area contributed by atoms with Crippen molar-refractivity contribution < 1.29 is 14.7 Å². The first kappa shape index (κ1) is 12.4. The molecular weight excluding hydrogens is 316 g/mol. The van der Waals surface area contributed by atoms with Crippen molar-refractivity contribution >= 4 is 33.5 Å².